The van der Waals surface area contributed by atoms with E-state index in [1.54, 1.807) is 12.1 Å². The van der Waals surface area contributed by atoms with E-state index in [2.05, 4.69) is 4.74 Å². The van der Waals surface area contributed by atoms with Crippen molar-refractivity contribution in [3.63, 3.8) is 0 Å². The van der Waals surface area contributed by atoms with Crippen molar-refractivity contribution in [1.82, 2.24) is 4.90 Å². The number of aliphatic hydroxyl groups excluding tert-OH is 1. The van der Waals surface area contributed by atoms with Gasteiger partial charge in [0, 0.05) is 18.0 Å². The molecule has 1 N–H and O–H groups in total. The highest BCUT2D eigenvalue weighted by Gasteiger charge is 2.38. The van der Waals surface area contributed by atoms with Gasteiger partial charge in [-0.25, -0.2) is 4.79 Å². The Morgan fingerprint density at radius 2 is 2.16 bits per heavy atom. The summed E-state index contributed by atoms with van der Waals surface area (Å²) in [7, 11) is 2.72. The molecule has 4 nitrogen and oxygen atoms in total. The molecule has 108 valence electrons. The molecule has 0 aliphatic rings. The average molecular weight is 297 g/mol. The summed E-state index contributed by atoms with van der Waals surface area (Å²) in [6, 6.07) is 3.20. The zero-order chi connectivity index (χ0) is 14.6. The van der Waals surface area contributed by atoms with E-state index in [0.29, 0.717) is 4.88 Å². The second kappa shape index (κ2) is 6.36. The van der Waals surface area contributed by atoms with Crippen LogP contribution in [0.15, 0.2) is 12.1 Å². The van der Waals surface area contributed by atoms with Gasteiger partial charge in [0.05, 0.1) is 7.11 Å². The molecular weight excluding hydrogens is 283 g/mol. The number of nitrogens with zero attached hydrogens (tertiary/aromatic N) is 1. The highest BCUT2D eigenvalue weighted by Crippen LogP contribution is 2.22. The lowest BCUT2D eigenvalue weighted by molar-refractivity contribution is -0.207. The lowest BCUT2D eigenvalue weighted by atomic mass is 10.3. The number of methoxy groups -OCH3 is 1. The third kappa shape index (κ3) is 4.81. The molecule has 0 spiro atoms. The van der Waals surface area contributed by atoms with Crippen LogP contribution in [-0.2, 0) is 11.3 Å². The molecular formula is C11H14F3NO3S. The molecule has 1 aromatic rings. The minimum Gasteiger partial charge on any atom is -0.465 e. The zero-order valence-corrected chi connectivity index (χ0v) is 11.2. The SMILES string of the molecule is COC(=O)c1ccc(CN(C)CC(O)C(F)(F)F)s1. The molecule has 1 heterocycles. The molecule has 0 bridgehead atoms. The van der Waals surface area contributed by atoms with Crippen molar-refractivity contribution >= 4 is 17.3 Å². The van der Waals surface area contributed by atoms with Gasteiger partial charge >= 0.3 is 12.1 Å². The van der Waals surface area contributed by atoms with Crippen molar-refractivity contribution in [2.75, 3.05) is 20.7 Å². The van der Waals surface area contributed by atoms with Gasteiger partial charge in [-0.05, 0) is 19.2 Å². The smallest absolute Gasteiger partial charge is 0.415 e. The van der Waals surface area contributed by atoms with Crippen LogP contribution in [0, 0.1) is 0 Å². The van der Waals surface area contributed by atoms with Crippen molar-refractivity contribution in [3.05, 3.63) is 21.9 Å². The fraction of sp³-hybridized carbons (Fsp3) is 0.545. The molecule has 8 heteroatoms. The van der Waals surface area contributed by atoms with Gasteiger partial charge in [0.25, 0.3) is 0 Å². The predicted octanol–water partition coefficient (Wildman–Crippen LogP) is 1.89. The molecule has 1 atom stereocenters. The molecule has 0 aliphatic heterocycles. The van der Waals surface area contributed by atoms with Crippen LogP contribution in [0.3, 0.4) is 0 Å². The molecule has 1 unspecified atom stereocenters. The molecule has 0 aromatic carbocycles. The summed E-state index contributed by atoms with van der Waals surface area (Å²) in [6.07, 6.45) is -7.00. The van der Waals surface area contributed by atoms with Crippen LogP contribution in [0.4, 0.5) is 13.2 Å². The summed E-state index contributed by atoms with van der Waals surface area (Å²) >= 11 is 1.15. The minimum absolute atomic E-state index is 0.217. The van der Waals surface area contributed by atoms with Crippen LogP contribution in [0.25, 0.3) is 0 Å². The predicted molar refractivity (Wildman–Crippen MR) is 64.1 cm³/mol. The van der Waals surface area contributed by atoms with Gasteiger partial charge in [-0.3, -0.25) is 4.90 Å². The monoisotopic (exact) mass is 297 g/mol. The molecule has 0 saturated heterocycles. The van der Waals surface area contributed by atoms with Crippen molar-refractivity contribution in [3.8, 4) is 0 Å². The number of ether oxygens (including phenoxy) is 1. The number of hydrogen-bond acceptors (Lipinski definition) is 5. The average Bonchev–Trinajstić information content (AvgIpc) is 2.74. The maximum Gasteiger partial charge on any atom is 0.415 e. The van der Waals surface area contributed by atoms with E-state index in [1.165, 1.54) is 19.1 Å². The third-order valence-electron chi connectivity index (χ3n) is 2.34. The highest BCUT2D eigenvalue weighted by molar-refractivity contribution is 7.13. The van der Waals surface area contributed by atoms with E-state index in [0.717, 1.165) is 16.2 Å². The van der Waals surface area contributed by atoms with Crippen LogP contribution in [0.1, 0.15) is 14.5 Å². The van der Waals surface area contributed by atoms with E-state index >= 15 is 0 Å². The summed E-state index contributed by atoms with van der Waals surface area (Å²) in [5, 5.41) is 8.93. The summed E-state index contributed by atoms with van der Waals surface area (Å²) < 4.78 is 41.0. The first kappa shape index (κ1) is 15.9. The van der Waals surface area contributed by atoms with Crippen LogP contribution in [-0.4, -0.2) is 49.0 Å². The first-order chi connectivity index (χ1) is 8.74. The number of thiophene rings is 1. The van der Waals surface area contributed by atoms with Gasteiger partial charge in [0.15, 0.2) is 6.10 Å². The largest absolute Gasteiger partial charge is 0.465 e. The molecule has 0 saturated carbocycles. The van der Waals surface area contributed by atoms with Gasteiger partial charge in [-0.2, -0.15) is 13.2 Å². The number of likely N-dealkylation sites (N-methyl/N-ethyl adjacent to an activating group) is 1. The van der Waals surface area contributed by atoms with Gasteiger partial charge in [-0.15, -0.1) is 11.3 Å². The number of alkyl halides is 3. The maximum absolute atomic E-state index is 12.2. The van der Waals surface area contributed by atoms with Crippen molar-refractivity contribution in [1.29, 1.82) is 0 Å². The maximum atomic E-state index is 12.2. The number of hydrogen-bond donors (Lipinski definition) is 1. The van der Waals surface area contributed by atoms with Gasteiger partial charge in [0.1, 0.15) is 4.88 Å². The van der Waals surface area contributed by atoms with E-state index in [1.807, 2.05) is 0 Å². The summed E-state index contributed by atoms with van der Waals surface area (Å²) in [6.45, 7) is -0.302. The Bertz CT molecular complexity index is 433. The number of carbonyl (C=O) groups excluding carboxylic acids is 1. The minimum atomic E-state index is -4.62. The lowest BCUT2D eigenvalue weighted by Crippen LogP contribution is -2.38. The van der Waals surface area contributed by atoms with Gasteiger partial charge in [0.2, 0.25) is 0 Å². The number of aliphatic hydroxyl groups is 1. The van der Waals surface area contributed by atoms with Gasteiger partial charge < -0.3 is 9.84 Å². The lowest BCUT2D eigenvalue weighted by Gasteiger charge is -2.21. The fourth-order valence-corrected chi connectivity index (χ4v) is 2.41. The molecule has 0 amide bonds. The van der Waals surface area contributed by atoms with Crippen molar-refractivity contribution < 1.29 is 27.8 Å². The summed E-state index contributed by atoms with van der Waals surface area (Å²) in [5.41, 5.74) is 0. The number of carbonyl (C=O) groups is 1. The van der Waals surface area contributed by atoms with E-state index in [9.17, 15) is 18.0 Å². The van der Waals surface area contributed by atoms with Gasteiger partial charge in [-0.1, -0.05) is 0 Å². The van der Waals surface area contributed by atoms with Crippen LogP contribution >= 0.6 is 11.3 Å². The van der Waals surface area contributed by atoms with E-state index in [-0.39, 0.29) is 6.54 Å². The molecule has 1 rings (SSSR count). The Kier molecular flexibility index (Phi) is 5.33. The van der Waals surface area contributed by atoms with Crippen LogP contribution in [0.5, 0.6) is 0 Å². The van der Waals surface area contributed by atoms with Crippen LogP contribution in [0.2, 0.25) is 0 Å². The van der Waals surface area contributed by atoms with Crippen LogP contribution < -0.4 is 0 Å². The summed E-state index contributed by atoms with van der Waals surface area (Å²) in [5.74, 6) is -0.478. The van der Waals surface area contributed by atoms with Crippen molar-refractivity contribution in [2.24, 2.45) is 0 Å². The first-order valence-corrected chi connectivity index (χ1v) is 6.16. The normalized spacial score (nSPS) is 13.6. The first-order valence-electron chi connectivity index (χ1n) is 5.34. The topological polar surface area (TPSA) is 49.8 Å². The molecule has 0 radical (unpaired) electrons. The Balaban J connectivity index is 2.55. The van der Waals surface area contributed by atoms with E-state index in [4.69, 9.17) is 5.11 Å². The molecule has 1 aromatic heterocycles. The Morgan fingerprint density at radius 3 is 2.68 bits per heavy atom. The molecule has 0 aliphatic carbocycles. The Morgan fingerprint density at radius 1 is 1.53 bits per heavy atom. The number of rotatable bonds is 5. The number of halogens is 3. The second-order valence-corrected chi connectivity index (χ2v) is 5.18. The quantitative estimate of drug-likeness (QED) is 0.843. The van der Waals surface area contributed by atoms with E-state index < -0.39 is 24.8 Å². The standard InChI is InChI=1S/C11H14F3NO3S/c1-15(6-9(16)11(12,13)14)5-7-3-4-8(19-7)10(17)18-2/h3-4,9,16H,5-6H2,1-2H3. The van der Waals surface area contributed by atoms with Crippen molar-refractivity contribution in [2.45, 2.75) is 18.8 Å². The Hall–Kier alpha value is -1.12. The fourth-order valence-electron chi connectivity index (χ4n) is 1.40. The Labute approximate surface area is 112 Å². The second-order valence-electron chi connectivity index (χ2n) is 4.01. The summed E-state index contributed by atoms with van der Waals surface area (Å²) in [4.78, 5) is 13.7. The zero-order valence-electron chi connectivity index (χ0n) is 10.4. The molecule has 19 heavy (non-hydrogen) atoms. The molecule has 0 fully saturated rings. The highest BCUT2D eigenvalue weighted by atomic mass is 32.1. The third-order valence-corrected chi connectivity index (χ3v) is 3.39. The number of esters is 1.